The van der Waals surface area contributed by atoms with Gasteiger partial charge in [0.2, 0.25) is 0 Å². The van der Waals surface area contributed by atoms with E-state index in [-0.39, 0.29) is 17.1 Å². The number of thioether (sulfide) groups is 1. The Bertz CT molecular complexity index is 1620. The molecule has 1 unspecified atom stereocenters. The van der Waals surface area contributed by atoms with Crippen LogP contribution in [0, 0.1) is 0 Å². The van der Waals surface area contributed by atoms with Gasteiger partial charge in [0.05, 0.1) is 56.9 Å². The predicted octanol–water partition coefficient (Wildman–Crippen LogP) is 7.66. The van der Waals surface area contributed by atoms with Crippen LogP contribution in [-0.4, -0.2) is 56.9 Å². The molecule has 0 saturated heterocycles. The molecule has 9 heteroatoms. The quantitative estimate of drug-likeness (QED) is 0.148. The van der Waals surface area contributed by atoms with Gasteiger partial charge in [-0.1, -0.05) is 12.1 Å². The van der Waals surface area contributed by atoms with Crippen LogP contribution < -0.4 is 37.9 Å². The van der Waals surface area contributed by atoms with Gasteiger partial charge in [-0.2, -0.15) is 0 Å². The van der Waals surface area contributed by atoms with Crippen molar-refractivity contribution in [2.75, 3.05) is 56.9 Å². The van der Waals surface area contributed by atoms with Crippen molar-refractivity contribution in [2.45, 2.75) is 22.8 Å². The Balaban J connectivity index is 1.73. The number of hydrogen-bond acceptors (Lipinski definition) is 9. The molecule has 4 aromatic carbocycles. The molecule has 1 aliphatic rings. The summed E-state index contributed by atoms with van der Waals surface area (Å²) in [5.41, 5.74) is 5.50. The average molecular weight is 633 g/mol. The summed E-state index contributed by atoms with van der Waals surface area (Å²) in [7, 11) is 13.3. The largest absolute Gasteiger partial charge is 0.497 e. The maximum absolute atomic E-state index is 6.07. The van der Waals surface area contributed by atoms with Crippen LogP contribution in [0.2, 0.25) is 0 Å². The Morgan fingerprint density at radius 3 is 1.62 bits per heavy atom. The molecular formula is C36H40O8S. The van der Waals surface area contributed by atoms with Crippen LogP contribution >= 0.6 is 11.8 Å². The standard InChI is InChI=1S/C36H40O8S/c1-37-24-14-23(15-25(17-24)38-2)34-33(22-10-12-29(41-5)31(16-22)43-7)35-27(18-26(39-3)19-32(35)44-8)36(34)45-20-21-9-11-28(40-4)30(13-21)42-6/h9-19,33-34,36H,20H2,1-8H3/t33-,34-,36?/m0/s1. The third-order valence-electron chi connectivity index (χ3n) is 8.31. The minimum atomic E-state index is -0.111. The topological polar surface area (TPSA) is 73.8 Å². The molecule has 1 aliphatic carbocycles. The molecule has 0 aliphatic heterocycles. The first-order chi connectivity index (χ1) is 21.9. The molecular weight excluding hydrogens is 592 g/mol. The van der Waals surface area contributed by atoms with E-state index < -0.39 is 0 Å². The molecule has 3 atom stereocenters. The molecule has 4 aromatic rings. The van der Waals surface area contributed by atoms with Crippen molar-refractivity contribution in [1.82, 2.24) is 0 Å². The van der Waals surface area contributed by atoms with E-state index in [9.17, 15) is 0 Å². The molecule has 0 N–H and O–H groups in total. The van der Waals surface area contributed by atoms with E-state index in [1.54, 1.807) is 56.9 Å². The van der Waals surface area contributed by atoms with Crippen molar-refractivity contribution in [1.29, 1.82) is 0 Å². The number of hydrogen-bond donors (Lipinski definition) is 0. The molecule has 0 heterocycles. The molecule has 0 amide bonds. The highest BCUT2D eigenvalue weighted by atomic mass is 32.2. The van der Waals surface area contributed by atoms with Crippen LogP contribution in [0.1, 0.15) is 44.9 Å². The normalized spacial score (nSPS) is 16.8. The van der Waals surface area contributed by atoms with Crippen molar-refractivity contribution < 1.29 is 37.9 Å². The second kappa shape index (κ2) is 14.2. The maximum atomic E-state index is 6.07. The SMILES string of the molecule is COc1cc(OC)cc([C@@H]2C(SCc3ccc(OC)c(OC)c3)c3cc(OC)cc(OC)c3[C@H]2c2ccc(OC)c(OC)c2)c1. The molecule has 0 spiro atoms. The monoisotopic (exact) mass is 632 g/mol. The minimum Gasteiger partial charge on any atom is -0.497 e. The lowest BCUT2D eigenvalue weighted by Crippen LogP contribution is -2.12. The van der Waals surface area contributed by atoms with Crippen LogP contribution in [0.5, 0.6) is 46.0 Å². The van der Waals surface area contributed by atoms with Crippen LogP contribution in [0.15, 0.2) is 66.7 Å². The molecule has 238 valence electrons. The van der Waals surface area contributed by atoms with E-state index in [0.29, 0.717) is 23.0 Å². The van der Waals surface area contributed by atoms with Gasteiger partial charge in [-0.25, -0.2) is 0 Å². The van der Waals surface area contributed by atoms with Gasteiger partial charge in [0.15, 0.2) is 23.0 Å². The highest BCUT2D eigenvalue weighted by Gasteiger charge is 2.45. The number of rotatable bonds is 13. The van der Waals surface area contributed by atoms with E-state index in [1.807, 2.05) is 42.1 Å². The molecule has 45 heavy (non-hydrogen) atoms. The Hall–Kier alpha value is -4.37. The van der Waals surface area contributed by atoms with Crippen LogP contribution in [0.3, 0.4) is 0 Å². The van der Waals surface area contributed by atoms with Gasteiger partial charge >= 0.3 is 0 Å². The zero-order chi connectivity index (χ0) is 32.1. The van der Waals surface area contributed by atoms with E-state index in [4.69, 9.17) is 37.9 Å². The molecule has 0 fully saturated rings. The smallest absolute Gasteiger partial charge is 0.161 e. The van der Waals surface area contributed by atoms with Gasteiger partial charge < -0.3 is 37.9 Å². The molecule has 0 aromatic heterocycles. The summed E-state index contributed by atoms with van der Waals surface area (Å²) in [6.45, 7) is 0. The van der Waals surface area contributed by atoms with E-state index >= 15 is 0 Å². The number of benzene rings is 4. The molecule has 0 bridgehead atoms. The van der Waals surface area contributed by atoms with Crippen molar-refractivity contribution in [3.05, 3.63) is 94.5 Å². The van der Waals surface area contributed by atoms with Crippen LogP contribution in [-0.2, 0) is 5.75 Å². The van der Waals surface area contributed by atoms with Gasteiger partial charge in [0, 0.05) is 40.5 Å². The summed E-state index contributed by atoms with van der Waals surface area (Å²) in [5, 5.41) is -0.00740. The Labute approximate surface area is 269 Å². The number of methoxy groups -OCH3 is 8. The third-order valence-corrected chi connectivity index (χ3v) is 9.72. The van der Waals surface area contributed by atoms with E-state index in [1.165, 1.54) is 0 Å². The lowest BCUT2D eigenvalue weighted by molar-refractivity contribution is 0.354. The fourth-order valence-corrected chi connectivity index (χ4v) is 7.63. The van der Waals surface area contributed by atoms with Crippen LogP contribution in [0.4, 0.5) is 0 Å². The van der Waals surface area contributed by atoms with Gasteiger partial charge in [-0.05, 0) is 64.7 Å². The fourth-order valence-electron chi connectivity index (χ4n) is 6.18. The molecule has 0 saturated carbocycles. The van der Waals surface area contributed by atoms with Crippen molar-refractivity contribution in [3.8, 4) is 46.0 Å². The van der Waals surface area contributed by atoms with Crippen molar-refractivity contribution in [2.24, 2.45) is 0 Å². The van der Waals surface area contributed by atoms with E-state index in [2.05, 4.69) is 36.4 Å². The Kier molecular flexibility index (Phi) is 10.1. The van der Waals surface area contributed by atoms with Gasteiger partial charge in [0.1, 0.15) is 23.0 Å². The summed E-state index contributed by atoms with van der Waals surface area (Å²) in [6.07, 6.45) is 0. The van der Waals surface area contributed by atoms with Crippen molar-refractivity contribution in [3.63, 3.8) is 0 Å². The van der Waals surface area contributed by atoms with Gasteiger partial charge in [-0.15, -0.1) is 11.8 Å². The van der Waals surface area contributed by atoms with Crippen LogP contribution in [0.25, 0.3) is 0 Å². The molecule has 5 rings (SSSR count). The fraction of sp³-hybridized carbons (Fsp3) is 0.333. The lowest BCUT2D eigenvalue weighted by atomic mass is 9.81. The summed E-state index contributed by atoms with van der Waals surface area (Å²) >= 11 is 1.85. The zero-order valence-corrected chi connectivity index (χ0v) is 27.8. The summed E-state index contributed by atoms with van der Waals surface area (Å²) in [4.78, 5) is 0. The second-order valence-corrected chi connectivity index (χ2v) is 11.6. The molecule has 0 radical (unpaired) electrons. The predicted molar refractivity (Wildman–Crippen MR) is 177 cm³/mol. The van der Waals surface area contributed by atoms with Crippen molar-refractivity contribution >= 4 is 11.8 Å². The second-order valence-electron chi connectivity index (χ2n) is 10.5. The minimum absolute atomic E-state index is 0.00740. The van der Waals surface area contributed by atoms with Gasteiger partial charge in [0.25, 0.3) is 0 Å². The lowest BCUT2D eigenvalue weighted by Gasteiger charge is -2.28. The molecule has 8 nitrogen and oxygen atoms in total. The average Bonchev–Trinajstić information content (AvgIpc) is 3.43. The van der Waals surface area contributed by atoms with Gasteiger partial charge in [-0.3, -0.25) is 0 Å². The first-order valence-corrected chi connectivity index (χ1v) is 15.5. The third kappa shape index (κ3) is 6.27. The summed E-state index contributed by atoms with van der Waals surface area (Å²) in [6, 6.07) is 22.3. The highest BCUT2D eigenvalue weighted by Crippen LogP contribution is 2.63. The number of fused-ring (bicyclic) bond motifs is 1. The Morgan fingerprint density at radius 1 is 0.489 bits per heavy atom. The zero-order valence-electron chi connectivity index (χ0n) is 27.0. The number of ether oxygens (including phenoxy) is 8. The van der Waals surface area contributed by atoms with E-state index in [0.717, 1.165) is 56.6 Å². The Morgan fingerprint density at radius 2 is 1.04 bits per heavy atom. The highest BCUT2D eigenvalue weighted by molar-refractivity contribution is 7.98. The first kappa shape index (κ1) is 32.0. The first-order valence-electron chi connectivity index (χ1n) is 14.5. The summed E-state index contributed by atoms with van der Waals surface area (Å²) < 4.78 is 45.8. The summed E-state index contributed by atoms with van der Waals surface area (Å²) in [5.74, 6) is 6.22. The maximum Gasteiger partial charge on any atom is 0.161 e.